The zero-order valence-corrected chi connectivity index (χ0v) is 12.5. The summed E-state index contributed by atoms with van der Waals surface area (Å²) < 4.78 is 0. The van der Waals surface area contributed by atoms with Crippen LogP contribution in [-0.4, -0.2) is 17.9 Å². The van der Waals surface area contributed by atoms with Crippen LogP contribution >= 0.6 is 0 Å². The lowest BCUT2D eigenvalue weighted by molar-refractivity contribution is -0.385. The maximum atomic E-state index is 12.6. The molecule has 114 valence electrons. The van der Waals surface area contributed by atoms with E-state index in [-0.39, 0.29) is 11.3 Å². The number of nitrogens with zero attached hydrogens (tertiary/aromatic N) is 2. The molecule has 0 saturated heterocycles. The van der Waals surface area contributed by atoms with Crippen molar-refractivity contribution in [2.75, 3.05) is 11.9 Å². The SMILES string of the molecule is CN(C(=O)c1ccccc1[N+](=O)[O-])c1ccc2ccccc2c1. The van der Waals surface area contributed by atoms with Crippen LogP contribution in [-0.2, 0) is 0 Å². The zero-order chi connectivity index (χ0) is 16.4. The Balaban J connectivity index is 2.00. The van der Waals surface area contributed by atoms with E-state index >= 15 is 0 Å². The molecule has 0 atom stereocenters. The van der Waals surface area contributed by atoms with Gasteiger partial charge < -0.3 is 4.90 Å². The van der Waals surface area contributed by atoms with E-state index in [1.54, 1.807) is 19.2 Å². The molecule has 0 aromatic heterocycles. The third-order valence-corrected chi connectivity index (χ3v) is 3.76. The summed E-state index contributed by atoms with van der Waals surface area (Å²) in [5, 5.41) is 13.2. The topological polar surface area (TPSA) is 63.5 Å². The summed E-state index contributed by atoms with van der Waals surface area (Å²) in [7, 11) is 1.61. The van der Waals surface area contributed by atoms with E-state index in [9.17, 15) is 14.9 Å². The number of para-hydroxylation sites is 1. The van der Waals surface area contributed by atoms with Crippen LogP contribution in [0.25, 0.3) is 10.8 Å². The number of fused-ring (bicyclic) bond motifs is 1. The van der Waals surface area contributed by atoms with Crippen molar-refractivity contribution in [3.05, 3.63) is 82.4 Å². The molecule has 0 saturated carbocycles. The molecule has 5 heteroatoms. The molecule has 23 heavy (non-hydrogen) atoms. The number of hydrogen-bond acceptors (Lipinski definition) is 3. The molecule has 0 bridgehead atoms. The molecule has 0 radical (unpaired) electrons. The molecule has 0 unspecified atom stereocenters. The number of amides is 1. The maximum absolute atomic E-state index is 12.6. The average molecular weight is 306 g/mol. The number of anilines is 1. The second kappa shape index (κ2) is 5.88. The van der Waals surface area contributed by atoms with Crippen molar-refractivity contribution < 1.29 is 9.72 Å². The van der Waals surface area contributed by atoms with Gasteiger partial charge in [-0.25, -0.2) is 0 Å². The molecule has 0 fully saturated rings. The van der Waals surface area contributed by atoms with E-state index in [2.05, 4.69) is 0 Å². The van der Waals surface area contributed by atoms with Crippen molar-refractivity contribution in [1.82, 2.24) is 0 Å². The molecule has 5 nitrogen and oxygen atoms in total. The molecule has 3 aromatic rings. The first kappa shape index (κ1) is 14.7. The van der Waals surface area contributed by atoms with Gasteiger partial charge in [-0.05, 0) is 29.0 Å². The smallest absolute Gasteiger partial charge is 0.282 e. The Morgan fingerprint density at radius 1 is 0.957 bits per heavy atom. The van der Waals surface area contributed by atoms with Crippen molar-refractivity contribution >= 4 is 28.1 Å². The molecule has 0 aliphatic rings. The number of carbonyl (C=O) groups is 1. The van der Waals surface area contributed by atoms with Crippen molar-refractivity contribution in [3.8, 4) is 0 Å². The van der Waals surface area contributed by atoms with E-state index in [1.807, 2.05) is 42.5 Å². The fraction of sp³-hybridized carbons (Fsp3) is 0.0556. The Morgan fingerprint density at radius 3 is 2.35 bits per heavy atom. The lowest BCUT2D eigenvalue weighted by Gasteiger charge is -2.18. The first-order chi connectivity index (χ1) is 11.1. The van der Waals surface area contributed by atoms with Gasteiger partial charge in [0.25, 0.3) is 11.6 Å². The highest BCUT2D eigenvalue weighted by molar-refractivity contribution is 6.09. The first-order valence-corrected chi connectivity index (χ1v) is 7.08. The number of carbonyl (C=O) groups excluding carboxylic acids is 1. The van der Waals surface area contributed by atoms with Crippen LogP contribution in [0.2, 0.25) is 0 Å². The van der Waals surface area contributed by atoms with Crippen molar-refractivity contribution in [3.63, 3.8) is 0 Å². The summed E-state index contributed by atoms with van der Waals surface area (Å²) in [5.41, 5.74) is 0.574. The summed E-state index contributed by atoms with van der Waals surface area (Å²) in [5.74, 6) is -0.410. The van der Waals surface area contributed by atoms with Crippen molar-refractivity contribution in [2.24, 2.45) is 0 Å². The minimum atomic E-state index is -0.540. The van der Waals surface area contributed by atoms with E-state index < -0.39 is 10.8 Å². The van der Waals surface area contributed by atoms with Crippen LogP contribution in [0.15, 0.2) is 66.7 Å². The molecular weight excluding hydrogens is 292 g/mol. The summed E-state index contributed by atoms with van der Waals surface area (Å²) in [4.78, 5) is 24.6. The molecule has 3 rings (SSSR count). The van der Waals surface area contributed by atoms with E-state index in [0.29, 0.717) is 5.69 Å². The monoisotopic (exact) mass is 306 g/mol. The second-order valence-corrected chi connectivity index (χ2v) is 5.17. The van der Waals surface area contributed by atoms with Crippen molar-refractivity contribution in [1.29, 1.82) is 0 Å². The highest BCUT2D eigenvalue weighted by Crippen LogP contribution is 2.25. The van der Waals surface area contributed by atoms with Crippen LogP contribution < -0.4 is 4.90 Å². The number of nitro benzene ring substituents is 1. The van der Waals surface area contributed by atoms with Gasteiger partial charge in [0, 0.05) is 18.8 Å². The van der Waals surface area contributed by atoms with Gasteiger partial charge in [-0.1, -0.05) is 42.5 Å². The van der Waals surface area contributed by atoms with Gasteiger partial charge in [-0.15, -0.1) is 0 Å². The van der Waals surface area contributed by atoms with Crippen LogP contribution in [0.1, 0.15) is 10.4 Å². The number of benzene rings is 3. The number of hydrogen-bond donors (Lipinski definition) is 0. The minimum Gasteiger partial charge on any atom is -0.311 e. The van der Waals surface area contributed by atoms with Crippen molar-refractivity contribution in [2.45, 2.75) is 0 Å². The maximum Gasteiger partial charge on any atom is 0.282 e. The molecule has 0 aliphatic heterocycles. The summed E-state index contributed by atoms with van der Waals surface area (Å²) in [6.45, 7) is 0. The summed E-state index contributed by atoms with van der Waals surface area (Å²) >= 11 is 0. The molecule has 3 aromatic carbocycles. The average Bonchev–Trinajstić information content (AvgIpc) is 2.60. The van der Waals surface area contributed by atoms with Gasteiger partial charge in [-0.2, -0.15) is 0 Å². The van der Waals surface area contributed by atoms with Gasteiger partial charge in [0.2, 0.25) is 0 Å². The molecule has 0 heterocycles. The van der Waals surface area contributed by atoms with E-state index in [4.69, 9.17) is 0 Å². The quantitative estimate of drug-likeness (QED) is 0.542. The van der Waals surface area contributed by atoms with Gasteiger partial charge in [0.05, 0.1) is 4.92 Å². The Hall–Kier alpha value is -3.21. The largest absolute Gasteiger partial charge is 0.311 e. The third-order valence-electron chi connectivity index (χ3n) is 3.76. The Kier molecular flexibility index (Phi) is 3.76. The van der Waals surface area contributed by atoms with Gasteiger partial charge in [0.1, 0.15) is 5.56 Å². The second-order valence-electron chi connectivity index (χ2n) is 5.17. The van der Waals surface area contributed by atoms with Gasteiger partial charge >= 0.3 is 0 Å². The highest BCUT2D eigenvalue weighted by Gasteiger charge is 2.22. The predicted molar refractivity (Wildman–Crippen MR) is 89.8 cm³/mol. The summed E-state index contributed by atoms with van der Waals surface area (Å²) in [6.07, 6.45) is 0. The fourth-order valence-corrected chi connectivity index (χ4v) is 2.50. The van der Waals surface area contributed by atoms with Crippen LogP contribution in [0.3, 0.4) is 0 Å². The molecule has 0 N–H and O–H groups in total. The molecule has 1 amide bonds. The van der Waals surface area contributed by atoms with Crippen LogP contribution in [0.4, 0.5) is 11.4 Å². The zero-order valence-electron chi connectivity index (χ0n) is 12.5. The lowest BCUT2D eigenvalue weighted by atomic mass is 10.1. The highest BCUT2D eigenvalue weighted by atomic mass is 16.6. The van der Waals surface area contributed by atoms with Gasteiger partial charge in [0.15, 0.2) is 0 Å². The first-order valence-electron chi connectivity index (χ1n) is 7.08. The Morgan fingerprint density at radius 2 is 1.61 bits per heavy atom. The third kappa shape index (κ3) is 2.76. The minimum absolute atomic E-state index is 0.0770. The Labute approximate surface area is 132 Å². The molecule has 0 spiro atoms. The Bertz CT molecular complexity index is 905. The number of nitro groups is 1. The predicted octanol–water partition coefficient (Wildman–Crippen LogP) is 4.02. The molecular formula is C18H14N2O3. The van der Waals surface area contributed by atoms with Crippen LogP contribution in [0, 0.1) is 10.1 Å². The fourth-order valence-electron chi connectivity index (χ4n) is 2.50. The van der Waals surface area contributed by atoms with Crippen LogP contribution in [0.5, 0.6) is 0 Å². The van der Waals surface area contributed by atoms with Gasteiger partial charge in [-0.3, -0.25) is 14.9 Å². The lowest BCUT2D eigenvalue weighted by Crippen LogP contribution is -2.26. The number of rotatable bonds is 3. The van der Waals surface area contributed by atoms with E-state index in [1.165, 1.54) is 17.0 Å². The normalized spacial score (nSPS) is 10.5. The standard InChI is InChI=1S/C18H14N2O3/c1-19(15-11-10-13-6-2-3-7-14(13)12-15)18(21)16-8-4-5-9-17(16)20(22)23/h2-12H,1H3. The van der Waals surface area contributed by atoms with E-state index in [0.717, 1.165) is 10.8 Å². The summed E-state index contributed by atoms with van der Waals surface area (Å²) in [6, 6.07) is 19.4. The molecule has 0 aliphatic carbocycles.